The Morgan fingerprint density at radius 1 is 1.20 bits per heavy atom. The van der Waals surface area contributed by atoms with Crippen LogP contribution in [-0.2, 0) is 0 Å². The van der Waals surface area contributed by atoms with E-state index in [0.29, 0.717) is 10.9 Å². The van der Waals surface area contributed by atoms with Crippen LogP contribution in [0.15, 0.2) is 30.5 Å². The predicted octanol–water partition coefficient (Wildman–Crippen LogP) is 2.74. The first-order chi connectivity index (χ1) is 6.98. The molecule has 2 rings (SSSR count). The summed E-state index contributed by atoms with van der Waals surface area (Å²) < 4.78 is 36.5. The van der Waals surface area contributed by atoms with Gasteiger partial charge in [0.05, 0.1) is 0 Å². The first-order valence-electron chi connectivity index (χ1n) is 4.30. The third kappa shape index (κ3) is 1.75. The van der Waals surface area contributed by atoms with Gasteiger partial charge in [-0.3, -0.25) is 0 Å². The van der Waals surface area contributed by atoms with Gasteiger partial charge in [0.15, 0.2) is 0 Å². The molecule has 6 heteroatoms. The van der Waals surface area contributed by atoms with E-state index in [4.69, 9.17) is 0 Å². The highest BCUT2D eigenvalue weighted by molar-refractivity contribution is 6.93. The summed E-state index contributed by atoms with van der Waals surface area (Å²) >= 11 is 0. The van der Waals surface area contributed by atoms with Crippen molar-refractivity contribution in [3.05, 3.63) is 36.0 Å². The summed E-state index contributed by atoms with van der Waals surface area (Å²) in [5.74, 6) is 0. The molecule has 1 aromatic heterocycles. The Kier molecular flexibility index (Phi) is 2.06. The number of aromatic nitrogens is 1. The average Bonchev–Trinajstić information content (AvgIpc) is 2.61. The van der Waals surface area contributed by atoms with Crippen LogP contribution in [0.2, 0.25) is 0 Å². The van der Waals surface area contributed by atoms with Crippen molar-refractivity contribution in [3.63, 3.8) is 0 Å². The van der Waals surface area contributed by atoms with E-state index < -0.39 is 12.7 Å². The Morgan fingerprint density at radius 3 is 2.60 bits per heavy atom. The number of hydrogen-bond donors (Lipinski definition) is 1. The third-order valence-corrected chi connectivity index (χ3v) is 2.14. The van der Waals surface area contributed by atoms with Crippen molar-refractivity contribution >= 4 is 23.6 Å². The summed E-state index contributed by atoms with van der Waals surface area (Å²) in [5.41, 5.74) is -1.35. The fourth-order valence-electron chi connectivity index (χ4n) is 1.40. The molecule has 0 aliphatic rings. The van der Waals surface area contributed by atoms with Crippen molar-refractivity contribution in [2.75, 3.05) is 0 Å². The quantitative estimate of drug-likeness (QED) is 0.762. The minimum atomic E-state index is -5.45. The second-order valence-corrected chi connectivity index (χ2v) is 3.22. The number of fused-ring (bicyclic) bond motifs is 1. The lowest BCUT2D eigenvalue weighted by Crippen LogP contribution is -2.29. The fourth-order valence-corrected chi connectivity index (χ4v) is 1.40. The molecule has 2 aromatic rings. The summed E-state index contributed by atoms with van der Waals surface area (Å²) in [7, 11) is 0. The monoisotopic (exact) mass is 212 g/mol. The number of aromatic amines is 1. The minimum absolute atomic E-state index is 0.311. The van der Waals surface area contributed by atoms with E-state index >= 15 is 0 Å². The molecule has 0 aliphatic carbocycles. The van der Waals surface area contributed by atoms with E-state index in [1.807, 2.05) is 0 Å². The van der Waals surface area contributed by atoms with Crippen LogP contribution < -0.4 is 0 Å². The Bertz CT molecular complexity index is 517. The maximum atomic E-state index is 12.2. The number of rotatable bonds is 2. The standard InChI is InChI=1S/C9H6BF3NO/c11-10(12,13)9(15)7-1-2-8-6(5-7)3-4-14-8/h1-5,14H/q-1. The lowest BCUT2D eigenvalue weighted by atomic mass is 9.80. The smallest absolute Gasteiger partial charge is 0.443 e. The van der Waals surface area contributed by atoms with Crippen molar-refractivity contribution in [2.45, 2.75) is 0 Å². The zero-order chi connectivity index (χ0) is 11.1. The minimum Gasteiger partial charge on any atom is -0.443 e. The van der Waals surface area contributed by atoms with Crippen LogP contribution in [0.3, 0.4) is 0 Å². The Morgan fingerprint density at radius 2 is 1.93 bits per heavy atom. The molecule has 0 spiro atoms. The molecular formula is C9H6BF3NO-. The predicted molar refractivity (Wildman–Crippen MR) is 51.7 cm³/mol. The van der Waals surface area contributed by atoms with Crippen LogP contribution in [-0.4, -0.2) is 17.6 Å². The van der Waals surface area contributed by atoms with Gasteiger partial charge in [0, 0.05) is 11.7 Å². The van der Waals surface area contributed by atoms with Gasteiger partial charge in [0.1, 0.15) is 5.68 Å². The van der Waals surface area contributed by atoms with Crippen molar-refractivity contribution < 1.29 is 17.7 Å². The normalized spacial score (nSPS) is 11.9. The van der Waals surface area contributed by atoms with E-state index in [1.54, 1.807) is 12.3 Å². The van der Waals surface area contributed by atoms with Crippen LogP contribution in [0.5, 0.6) is 0 Å². The molecule has 1 aromatic carbocycles. The van der Waals surface area contributed by atoms with Gasteiger partial charge in [0.2, 0.25) is 0 Å². The molecule has 1 heterocycles. The first-order valence-corrected chi connectivity index (χ1v) is 4.30. The number of halogens is 3. The van der Waals surface area contributed by atoms with Crippen LogP contribution in [0.1, 0.15) is 10.4 Å². The Balaban J connectivity index is 2.49. The molecule has 0 bridgehead atoms. The SMILES string of the molecule is O=C(c1ccc2[nH]ccc2c1)[B-](F)(F)F. The number of hydrogen-bond acceptors (Lipinski definition) is 1. The van der Waals surface area contributed by atoms with Crippen LogP contribution in [0, 0.1) is 0 Å². The maximum Gasteiger partial charge on any atom is 0.549 e. The van der Waals surface area contributed by atoms with Crippen LogP contribution in [0.4, 0.5) is 12.9 Å². The Labute approximate surface area is 83.2 Å². The number of nitrogens with one attached hydrogen (secondary N) is 1. The van der Waals surface area contributed by atoms with Crippen LogP contribution >= 0.6 is 0 Å². The Hall–Kier alpha value is -1.72. The average molecular weight is 212 g/mol. The van der Waals surface area contributed by atoms with E-state index in [9.17, 15) is 17.7 Å². The third-order valence-electron chi connectivity index (χ3n) is 2.14. The van der Waals surface area contributed by atoms with Gasteiger partial charge in [-0.05, 0) is 29.1 Å². The van der Waals surface area contributed by atoms with Gasteiger partial charge in [-0.2, -0.15) is 0 Å². The van der Waals surface area contributed by atoms with Gasteiger partial charge in [-0.1, -0.05) is 6.07 Å². The molecular weight excluding hydrogens is 206 g/mol. The number of carbonyl (C=O) groups excluding carboxylic acids is 1. The summed E-state index contributed by atoms with van der Waals surface area (Å²) in [6.07, 6.45) is 1.61. The molecule has 0 unspecified atom stereocenters. The van der Waals surface area contributed by atoms with Gasteiger partial charge in [-0.25, -0.2) is 0 Å². The summed E-state index contributed by atoms with van der Waals surface area (Å²) in [5, 5.41) is 0.598. The fraction of sp³-hybridized carbons (Fsp3) is 0. The van der Waals surface area contributed by atoms with Crippen molar-refractivity contribution in [1.82, 2.24) is 4.98 Å². The summed E-state index contributed by atoms with van der Waals surface area (Å²) in [6, 6.07) is 5.50. The molecule has 0 atom stereocenters. The highest BCUT2D eigenvalue weighted by Crippen LogP contribution is 2.20. The molecule has 0 amide bonds. The molecule has 78 valence electrons. The van der Waals surface area contributed by atoms with E-state index in [-0.39, 0.29) is 5.56 Å². The van der Waals surface area contributed by atoms with E-state index in [1.165, 1.54) is 18.2 Å². The molecule has 2 nitrogen and oxygen atoms in total. The molecule has 0 saturated carbocycles. The largest absolute Gasteiger partial charge is 0.549 e. The van der Waals surface area contributed by atoms with Crippen LogP contribution in [0.25, 0.3) is 10.9 Å². The topological polar surface area (TPSA) is 32.9 Å². The van der Waals surface area contributed by atoms with Gasteiger partial charge in [-0.15, -0.1) is 0 Å². The van der Waals surface area contributed by atoms with Gasteiger partial charge < -0.3 is 22.7 Å². The molecule has 15 heavy (non-hydrogen) atoms. The van der Waals surface area contributed by atoms with Crippen molar-refractivity contribution in [3.8, 4) is 0 Å². The summed E-state index contributed by atoms with van der Waals surface area (Å²) in [4.78, 5) is 13.8. The second-order valence-electron chi connectivity index (χ2n) is 3.22. The zero-order valence-electron chi connectivity index (χ0n) is 7.51. The van der Waals surface area contributed by atoms with E-state index in [0.717, 1.165) is 0 Å². The maximum absolute atomic E-state index is 12.2. The number of H-pyrrole nitrogens is 1. The molecule has 0 fully saturated rings. The number of benzene rings is 1. The van der Waals surface area contributed by atoms with Crippen molar-refractivity contribution in [1.29, 1.82) is 0 Å². The molecule has 0 radical (unpaired) electrons. The highest BCUT2D eigenvalue weighted by Gasteiger charge is 2.34. The molecule has 1 N–H and O–H groups in total. The molecule has 0 aliphatic heterocycles. The highest BCUT2D eigenvalue weighted by atomic mass is 19.4. The lowest BCUT2D eigenvalue weighted by Gasteiger charge is -2.12. The summed E-state index contributed by atoms with van der Waals surface area (Å²) in [6.45, 7) is -5.45. The molecule has 0 saturated heterocycles. The second kappa shape index (κ2) is 3.15. The first kappa shape index (κ1) is 9.83. The number of carbonyl (C=O) groups is 1. The zero-order valence-corrected chi connectivity index (χ0v) is 7.51. The van der Waals surface area contributed by atoms with E-state index in [2.05, 4.69) is 4.98 Å². The van der Waals surface area contributed by atoms with Gasteiger partial charge in [0.25, 0.3) is 0 Å². The lowest BCUT2D eigenvalue weighted by molar-refractivity contribution is 0.102. The van der Waals surface area contributed by atoms with Gasteiger partial charge >= 0.3 is 6.98 Å². The van der Waals surface area contributed by atoms with Crippen molar-refractivity contribution in [2.24, 2.45) is 0 Å².